The Morgan fingerprint density at radius 1 is 1.27 bits per heavy atom. The predicted molar refractivity (Wildman–Crippen MR) is 48.1 cm³/mol. The van der Waals surface area contributed by atoms with Gasteiger partial charge in [-0.3, -0.25) is 0 Å². The number of phenolic OH excluding ortho intramolecular Hbond substituents is 1. The van der Waals surface area contributed by atoms with Crippen LogP contribution in [0.2, 0.25) is 0 Å². The van der Waals surface area contributed by atoms with Crippen LogP contribution in [0.3, 0.4) is 0 Å². The van der Waals surface area contributed by atoms with Crippen molar-refractivity contribution < 1.29 is 22.7 Å². The summed E-state index contributed by atoms with van der Waals surface area (Å²) < 4.78 is 50.1. The maximum absolute atomic E-state index is 12.9. The van der Waals surface area contributed by atoms with Gasteiger partial charge in [-0.15, -0.1) is 12.4 Å². The molecule has 1 aromatic rings. The lowest BCUT2D eigenvalue weighted by Gasteiger charge is -2.11. The Balaban J connectivity index is 0.00000196. The summed E-state index contributed by atoms with van der Waals surface area (Å²) in [6.07, 6.45) is 0. The van der Waals surface area contributed by atoms with E-state index in [9.17, 15) is 17.6 Å². The second-order valence-electron chi connectivity index (χ2n) is 2.68. The molecule has 0 aliphatic carbocycles. The molecule has 15 heavy (non-hydrogen) atoms. The van der Waals surface area contributed by atoms with Crippen molar-refractivity contribution >= 4 is 12.4 Å². The average Bonchev–Trinajstić information content (AvgIpc) is 2.14. The molecule has 0 unspecified atom stereocenters. The van der Waals surface area contributed by atoms with Crippen LogP contribution in [0.25, 0.3) is 0 Å². The predicted octanol–water partition coefficient (Wildman–Crippen LogP) is 2.20. The Bertz CT molecular complexity index is 361. The lowest BCUT2D eigenvalue weighted by molar-refractivity contribution is 0.376. The van der Waals surface area contributed by atoms with Crippen molar-refractivity contribution in [1.82, 2.24) is 0 Å². The third kappa shape index (κ3) is 2.51. The molecular formula is C8H8ClF4NO. The molecule has 0 aliphatic rings. The van der Waals surface area contributed by atoms with E-state index in [4.69, 9.17) is 10.8 Å². The van der Waals surface area contributed by atoms with Crippen molar-refractivity contribution in [3.63, 3.8) is 0 Å². The summed E-state index contributed by atoms with van der Waals surface area (Å²) >= 11 is 0. The van der Waals surface area contributed by atoms with E-state index in [0.29, 0.717) is 6.07 Å². The Morgan fingerprint density at radius 2 is 1.80 bits per heavy atom. The number of hydrogen-bond donors (Lipinski definition) is 2. The number of benzene rings is 1. The minimum atomic E-state index is -1.78. The maximum Gasteiger partial charge on any atom is 0.195 e. The molecule has 3 N–H and O–H groups in total. The second-order valence-corrected chi connectivity index (χ2v) is 2.68. The molecule has 0 aromatic heterocycles. The molecule has 2 nitrogen and oxygen atoms in total. The zero-order chi connectivity index (χ0) is 10.9. The highest BCUT2D eigenvalue weighted by atomic mass is 35.5. The molecular weight excluding hydrogens is 238 g/mol. The van der Waals surface area contributed by atoms with Crippen LogP contribution in [0.15, 0.2) is 6.07 Å². The zero-order valence-electron chi connectivity index (χ0n) is 7.31. The van der Waals surface area contributed by atoms with E-state index in [0.717, 1.165) is 0 Å². The summed E-state index contributed by atoms with van der Waals surface area (Å²) in [5.41, 5.74) is 4.29. The van der Waals surface area contributed by atoms with Crippen LogP contribution in [-0.2, 0) is 0 Å². The number of rotatable bonds is 2. The first-order chi connectivity index (χ1) is 6.49. The van der Waals surface area contributed by atoms with Gasteiger partial charge in [0.1, 0.15) is 12.4 Å². The SMILES string of the molecule is Cl.N[C@@H](CF)c1c(O)cc(F)c(F)c1F. The van der Waals surface area contributed by atoms with Gasteiger partial charge < -0.3 is 10.8 Å². The topological polar surface area (TPSA) is 46.2 Å². The van der Waals surface area contributed by atoms with Crippen LogP contribution in [0.5, 0.6) is 5.75 Å². The lowest BCUT2D eigenvalue weighted by atomic mass is 10.1. The molecule has 0 saturated heterocycles. The lowest BCUT2D eigenvalue weighted by Crippen LogP contribution is -2.15. The van der Waals surface area contributed by atoms with Crippen LogP contribution in [0.4, 0.5) is 17.6 Å². The molecule has 0 amide bonds. The van der Waals surface area contributed by atoms with Crippen LogP contribution >= 0.6 is 12.4 Å². The maximum atomic E-state index is 12.9. The van der Waals surface area contributed by atoms with Crippen LogP contribution in [-0.4, -0.2) is 11.8 Å². The Morgan fingerprint density at radius 3 is 2.27 bits per heavy atom. The fraction of sp³-hybridized carbons (Fsp3) is 0.250. The quantitative estimate of drug-likeness (QED) is 0.620. The summed E-state index contributed by atoms with van der Waals surface area (Å²) in [7, 11) is 0. The molecule has 0 spiro atoms. The van der Waals surface area contributed by atoms with Gasteiger partial charge in [0, 0.05) is 6.07 Å². The summed E-state index contributed by atoms with van der Waals surface area (Å²) in [5.74, 6) is -5.88. The molecule has 0 saturated carbocycles. The summed E-state index contributed by atoms with van der Waals surface area (Å²) in [4.78, 5) is 0. The van der Waals surface area contributed by atoms with Crippen molar-refractivity contribution in [2.24, 2.45) is 5.73 Å². The van der Waals surface area contributed by atoms with Crippen molar-refractivity contribution in [1.29, 1.82) is 0 Å². The standard InChI is InChI=1S/C8H7F4NO.ClH/c9-2-4(13)6-5(14)1-3(10)7(11)8(6)12;/h1,4,14H,2,13H2;1H/t4-;/m0./s1. The monoisotopic (exact) mass is 245 g/mol. The molecule has 7 heteroatoms. The second kappa shape index (κ2) is 5.18. The molecule has 0 radical (unpaired) electrons. The highest BCUT2D eigenvalue weighted by Gasteiger charge is 2.22. The van der Waals surface area contributed by atoms with E-state index in [-0.39, 0.29) is 12.4 Å². The molecule has 1 aromatic carbocycles. The minimum Gasteiger partial charge on any atom is -0.507 e. The van der Waals surface area contributed by atoms with Crippen LogP contribution in [0, 0.1) is 17.5 Å². The van der Waals surface area contributed by atoms with Gasteiger partial charge in [0.2, 0.25) is 0 Å². The molecule has 86 valence electrons. The van der Waals surface area contributed by atoms with Gasteiger partial charge in [0.05, 0.1) is 11.6 Å². The number of phenols is 1. The van der Waals surface area contributed by atoms with E-state index < -0.39 is 41.5 Å². The third-order valence-electron chi connectivity index (χ3n) is 1.72. The Labute approximate surface area is 89.1 Å². The normalized spacial score (nSPS) is 12.1. The summed E-state index contributed by atoms with van der Waals surface area (Å²) in [6, 6.07) is -1.16. The highest BCUT2D eigenvalue weighted by Crippen LogP contribution is 2.29. The molecule has 1 atom stereocenters. The van der Waals surface area contributed by atoms with E-state index >= 15 is 0 Å². The first-order valence-electron chi connectivity index (χ1n) is 3.67. The van der Waals surface area contributed by atoms with Gasteiger partial charge in [-0.25, -0.2) is 17.6 Å². The van der Waals surface area contributed by atoms with E-state index in [1.807, 2.05) is 0 Å². The van der Waals surface area contributed by atoms with E-state index in [2.05, 4.69) is 0 Å². The molecule has 0 heterocycles. The summed E-state index contributed by atoms with van der Waals surface area (Å²) in [5, 5.41) is 9.00. The zero-order valence-corrected chi connectivity index (χ0v) is 8.12. The fourth-order valence-corrected chi connectivity index (χ4v) is 1.03. The molecule has 1 rings (SSSR count). The first kappa shape index (κ1) is 14.0. The fourth-order valence-electron chi connectivity index (χ4n) is 1.03. The van der Waals surface area contributed by atoms with E-state index in [1.165, 1.54) is 0 Å². The largest absolute Gasteiger partial charge is 0.507 e. The molecule has 0 bridgehead atoms. The first-order valence-corrected chi connectivity index (χ1v) is 3.67. The van der Waals surface area contributed by atoms with Gasteiger partial charge in [0.25, 0.3) is 0 Å². The minimum absolute atomic E-state index is 0. The number of aromatic hydroxyl groups is 1. The van der Waals surface area contributed by atoms with E-state index in [1.54, 1.807) is 0 Å². The van der Waals surface area contributed by atoms with Crippen molar-refractivity contribution in [2.45, 2.75) is 6.04 Å². The van der Waals surface area contributed by atoms with Gasteiger partial charge in [-0.05, 0) is 0 Å². The van der Waals surface area contributed by atoms with Gasteiger partial charge in [-0.2, -0.15) is 0 Å². The number of nitrogens with two attached hydrogens (primary N) is 1. The van der Waals surface area contributed by atoms with Gasteiger partial charge >= 0.3 is 0 Å². The Kier molecular flexibility index (Phi) is 4.83. The van der Waals surface area contributed by atoms with Crippen LogP contribution in [0.1, 0.15) is 11.6 Å². The third-order valence-corrected chi connectivity index (χ3v) is 1.72. The Hall–Kier alpha value is -1.01. The molecule has 0 aliphatic heterocycles. The van der Waals surface area contributed by atoms with Gasteiger partial charge in [0.15, 0.2) is 17.5 Å². The average molecular weight is 246 g/mol. The number of halogens is 5. The van der Waals surface area contributed by atoms with Gasteiger partial charge in [-0.1, -0.05) is 0 Å². The van der Waals surface area contributed by atoms with Crippen molar-refractivity contribution in [3.8, 4) is 5.75 Å². The van der Waals surface area contributed by atoms with Crippen molar-refractivity contribution in [2.75, 3.05) is 6.67 Å². The summed E-state index contributed by atoms with van der Waals surface area (Å²) in [6.45, 7) is -1.18. The molecule has 0 fully saturated rings. The number of alkyl halides is 1. The number of hydrogen-bond acceptors (Lipinski definition) is 2. The van der Waals surface area contributed by atoms with Crippen molar-refractivity contribution in [3.05, 3.63) is 29.1 Å². The van der Waals surface area contributed by atoms with Crippen LogP contribution < -0.4 is 5.73 Å². The highest BCUT2D eigenvalue weighted by molar-refractivity contribution is 5.85. The smallest absolute Gasteiger partial charge is 0.195 e.